The zero-order chi connectivity index (χ0) is 14.1. The predicted octanol–water partition coefficient (Wildman–Crippen LogP) is 0.954. The first-order valence-corrected chi connectivity index (χ1v) is 6.96. The largest absolute Gasteiger partial charge is 0.396 e. The van der Waals surface area contributed by atoms with Gasteiger partial charge in [-0.15, -0.1) is 0 Å². The number of aromatic nitrogens is 2. The summed E-state index contributed by atoms with van der Waals surface area (Å²) in [6.45, 7) is 0.750. The highest BCUT2D eigenvalue weighted by Gasteiger charge is 2.16. The van der Waals surface area contributed by atoms with E-state index in [0.29, 0.717) is 12.5 Å². The van der Waals surface area contributed by atoms with Crippen molar-refractivity contribution in [1.29, 1.82) is 0 Å². The molecular formula is C10H17N5O3S. The van der Waals surface area contributed by atoms with Crippen LogP contribution in [0.15, 0.2) is 6.20 Å². The molecule has 0 saturated carbocycles. The molecule has 0 fully saturated rings. The molecule has 0 saturated heterocycles. The Hall–Kier alpha value is -1.61. The normalized spacial score (nSPS) is 10.2. The third kappa shape index (κ3) is 5.26. The average molecular weight is 287 g/mol. The molecule has 19 heavy (non-hydrogen) atoms. The van der Waals surface area contributed by atoms with Crippen molar-refractivity contribution in [2.75, 3.05) is 42.3 Å². The minimum atomic E-state index is -0.513. The second kappa shape index (κ2) is 8.48. The monoisotopic (exact) mass is 287 g/mol. The molecule has 0 spiro atoms. The van der Waals surface area contributed by atoms with Gasteiger partial charge in [-0.25, -0.2) is 4.98 Å². The molecule has 0 aliphatic rings. The number of nitrogens with one attached hydrogen (secondary N) is 2. The third-order valence-corrected chi connectivity index (χ3v) is 3.25. The van der Waals surface area contributed by atoms with Crippen LogP contribution in [0.2, 0.25) is 0 Å². The molecule has 106 valence electrons. The van der Waals surface area contributed by atoms with E-state index in [1.165, 1.54) is 6.20 Å². The highest BCUT2D eigenvalue weighted by atomic mass is 32.2. The molecular weight excluding hydrogens is 270 g/mol. The lowest BCUT2D eigenvalue weighted by molar-refractivity contribution is -0.384. The summed E-state index contributed by atoms with van der Waals surface area (Å²) in [5, 5.41) is 25.1. The van der Waals surface area contributed by atoms with E-state index < -0.39 is 4.92 Å². The molecule has 0 aliphatic heterocycles. The molecule has 0 bridgehead atoms. The second-order valence-electron chi connectivity index (χ2n) is 3.55. The number of hydrogen-bond acceptors (Lipinski definition) is 8. The molecule has 1 aromatic rings. The van der Waals surface area contributed by atoms with E-state index in [1.54, 1.807) is 18.8 Å². The van der Waals surface area contributed by atoms with Crippen LogP contribution < -0.4 is 10.6 Å². The van der Waals surface area contributed by atoms with Gasteiger partial charge in [0.2, 0.25) is 11.8 Å². The fraction of sp³-hybridized carbons (Fsp3) is 0.600. The maximum Gasteiger partial charge on any atom is 0.329 e. The number of nitro groups is 1. The van der Waals surface area contributed by atoms with E-state index in [9.17, 15) is 10.1 Å². The summed E-state index contributed by atoms with van der Waals surface area (Å²) in [5.41, 5.74) is -0.139. The van der Waals surface area contributed by atoms with Crippen LogP contribution >= 0.6 is 11.8 Å². The van der Waals surface area contributed by atoms with Gasteiger partial charge in [0.15, 0.2) is 0 Å². The van der Waals surface area contributed by atoms with Crippen LogP contribution in [0.3, 0.4) is 0 Å². The maximum atomic E-state index is 10.8. The Labute approximate surface area is 115 Å². The van der Waals surface area contributed by atoms with Crippen LogP contribution in [0.4, 0.5) is 17.5 Å². The standard InChI is InChI=1S/C10H17N5O3S/c1-11-10-13-7-8(15(17)18)9(14-10)12-3-6-19-5-2-4-16/h7,16H,2-6H2,1H3,(H2,11,12,13,14). The van der Waals surface area contributed by atoms with Gasteiger partial charge >= 0.3 is 5.69 Å². The zero-order valence-corrected chi connectivity index (χ0v) is 11.4. The number of aliphatic hydroxyl groups excluding tert-OH is 1. The first-order valence-electron chi connectivity index (χ1n) is 5.80. The van der Waals surface area contributed by atoms with Crippen LogP contribution in [0.25, 0.3) is 0 Å². The predicted molar refractivity (Wildman–Crippen MR) is 75.8 cm³/mol. The summed E-state index contributed by atoms with van der Waals surface area (Å²) in [5.74, 6) is 2.20. The van der Waals surface area contributed by atoms with Crippen LogP contribution in [0.1, 0.15) is 6.42 Å². The molecule has 1 rings (SSSR count). The minimum absolute atomic E-state index is 0.139. The maximum absolute atomic E-state index is 10.8. The summed E-state index contributed by atoms with van der Waals surface area (Å²) in [4.78, 5) is 18.1. The van der Waals surface area contributed by atoms with Gasteiger partial charge in [-0.2, -0.15) is 16.7 Å². The minimum Gasteiger partial charge on any atom is -0.396 e. The lowest BCUT2D eigenvalue weighted by Crippen LogP contribution is -2.10. The van der Waals surface area contributed by atoms with Gasteiger partial charge in [0, 0.05) is 26.0 Å². The first kappa shape index (κ1) is 15.4. The lowest BCUT2D eigenvalue weighted by Gasteiger charge is -2.07. The van der Waals surface area contributed by atoms with E-state index in [4.69, 9.17) is 5.11 Å². The number of thioether (sulfide) groups is 1. The van der Waals surface area contributed by atoms with Crippen molar-refractivity contribution in [2.45, 2.75) is 6.42 Å². The lowest BCUT2D eigenvalue weighted by atomic mass is 10.4. The van der Waals surface area contributed by atoms with Crippen molar-refractivity contribution in [3.05, 3.63) is 16.3 Å². The number of hydrogen-bond donors (Lipinski definition) is 3. The molecule has 0 aliphatic carbocycles. The van der Waals surface area contributed by atoms with Crippen molar-refractivity contribution < 1.29 is 10.0 Å². The van der Waals surface area contributed by atoms with Crippen LogP contribution in [-0.2, 0) is 0 Å². The Kier molecular flexibility index (Phi) is 6.90. The van der Waals surface area contributed by atoms with E-state index in [-0.39, 0.29) is 18.1 Å². The fourth-order valence-corrected chi connectivity index (χ4v) is 2.05. The highest BCUT2D eigenvalue weighted by molar-refractivity contribution is 7.99. The molecule has 3 N–H and O–H groups in total. The summed E-state index contributed by atoms with van der Waals surface area (Å²) in [7, 11) is 1.65. The number of aliphatic hydroxyl groups is 1. The number of anilines is 2. The summed E-state index contributed by atoms with van der Waals surface area (Å²) >= 11 is 1.67. The van der Waals surface area contributed by atoms with Gasteiger partial charge in [0.1, 0.15) is 6.20 Å². The van der Waals surface area contributed by atoms with Gasteiger partial charge in [-0.3, -0.25) is 10.1 Å². The molecule has 1 heterocycles. The molecule has 1 aromatic heterocycles. The molecule has 0 radical (unpaired) electrons. The molecule has 9 heteroatoms. The van der Waals surface area contributed by atoms with E-state index in [0.717, 1.165) is 17.9 Å². The van der Waals surface area contributed by atoms with Crippen molar-refractivity contribution in [2.24, 2.45) is 0 Å². The third-order valence-electron chi connectivity index (χ3n) is 2.18. The molecule has 0 aromatic carbocycles. The summed E-state index contributed by atoms with van der Waals surface area (Å²) in [6.07, 6.45) is 1.93. The Morgan fingerprint density at radius 1 is 1.53 bits per heavy atom. The van der Waals surface area contributed by atoms with E-state index >= 15 is 0 Å². The van der Waals surface area contributed by atoms with Gasteiger partial charge in [-0.05, 0) is 12.2 Å². The molecule has 0 atom stereocenters. The van der Waals surface area contributed by atoms with Gasteiger partial charge in [-0.1, -0.05) is 0 Å². The quantitative estimate of drug-likeness (QED) is 0.349. The Bertz CT molecular complexity index is 418. The smallest absolute Gasteiger partial charge is 0.329 e. The first-order chi connectivity index (χ1) is 9.19. The molecule has 0 amide bonds. The summed E-state index contributed by atoms with van der Waals surface area (Å²) < 4.78 is 0. The fourth-order valence-electron chi connectivity index (χ4n) is 1.27. The second-order valence-corrected chi connectivity index (χ2v) is 4.78. The van der Waals surface area contributed by atoms with Crippen LogP contribution in [0.5, 0.6) is 0 Å². The van der Waals surface area contributed by atoms with Crippen molar-refractivity contribution >= 4 is 29.2 Å². The van der Waals surface area contributed by atoms with Gasteiger partial charge in [0.25, 0.3) is 0 Å². The number of nitrogens with zero attached hydrogens (tertiary/aromatic N) is 3. The van der Waals surface area contributed by atoms with E-state index in [2.05, 4.69) is 20.6 Å². The molecule has 8 nitrogen and oxygen atoms in total. The Morgan fingerprint density at radius 3 is 2.95 bits per heavy atom. The zero-order valence-electron chi connectivity index (χ0n) is 10.6. The van der Waals surface area contributed by atoms with Crippen molar-refractivity contribution in [1.82, 2.24) is 9.97 Å². The van der Waals surface area contributed by atoms with Crippen LogP contribution in [-0.4, -0.2) is 51.7 Å². The number of rotatable bonds is 9. The summed E-state index contributed by atoms with van der Waals surface area (Å²) in [6, 6.07) is 0. The van der Waals surface area contributed by atoms with Crippen molar-refractivity contribution in [3.8, 4) is 0 Å². The van der Waals surface area contributed by atoms with Crippen LogP contribution in [0, 0.1) is 10.1 Å². The Balaban J connectivity index is 2.52. The van der Waals surface area contributed by atoms with Crippen molar-refractivity contribution in [3.63, 3.8) is 0 Å². The average Bonchev–Trinajstić information content (AvgIpc) is 2.42. The SMILES string of the molecule is CNc1ncc([N+](=O)[O-])c(NCCSCCCO)n1. The Morgan fingerprint density at radius 2 is 2.32 bits per heavy atom. The van der Waals surface area contributed by atoms with Gasteiger partial charge < -0.3 is 15.7 Å². The highest BCUT2D eigenvalue weighted by Crippen LogP contribution is 2.21. The topological polar surface area (TPSA) is 113 Å². The molecule has 0 unspecified atom stereocenters. The van der Waals surface area contributed by atoms with Gasteiger partial charge in [0.05, 0.1) is 4.92 Å². The van der Waals surface area contributed by atoms with E-state index in [1.807, 2.05) is 0 Å².